The molecule has 2 N–H and O–H groups in total. The van der Waals surface area contributed by atoms with Gasteiger partial charge in [0.1, 0.15) is 11.3 Å². The zero-order chi connectivity index (χ0) is 24.6. The van der Waals surface area contributed by atoms with Crippen LogP contribution in [0.2, 0.25) is 0 Å². The van der Waals surface area contributed by atoms with Crippen LogP contribution in [-0.4, -0.2) is 27.7 Å². The molecule has 0 unspecified atom stereocenters. The third kappa shape index (κ3) is 4.63. The summed E-state index contributed by atoms with van der Waals surface area (Å²) in [4.78, 5) is 16.8. The average molecular weight is 464 g/mol. The quantitative estimate of drug-likeness (QED) is 0.386. The third-order valence-corrected chi connectivity index (χ3v) is 7.39. The second kappa shape index (κ2) is 9.69. The second-order valence-electron chi connectivity index (χ2n) is 10.4. The molecule has 182 valence electrons. The molecule has 4 rings (SSSR count). The van der Waals surface area contributed by atoms with Crippen LogP contribution in [0.15, 0.2) is 36.4 Å². The van der Waals surface area contributed by atoms with Gasteiger partial charge in [-0.1, -0.05) is 53.2 Å². The molecule has 1 aromatic heterocycles. The fraction of sp³-hybridized carbons (Fsp3) is 0.500. The molecule has 1 saturated carbocycles. The molecule has 3 aromatic rings. The van der Waals surface area contributed by atoms with E-state index in [1.54, 1.807) is 6.07 Å². The van der Waals surface area contributed by atoms with Crippen LogP contribution < -0.4 is 10.1 Å². The lowest BCUT2D eigenvalue weighted by Crippen LogP contribution is -2.30. The van der Waals surface area contributed by atoms with Crippen LogP contribution >= 0.6 is 0 Å². The van der Waals surface area contributed by atoms with Gasteiger partial charge in [0.25, 0.3) is 0 Å². The van der Waals surface area contributed by atoms with Crippen molar-refractivity contribution in [1.29, 1.82) is 0 Å². The molecule has 1 aliphatic carbocycles. The van der Waals surface area contributed by atoms with Gasteiger partial charge in [-0.2, -0.15) is 0 Å². The summed E-state index contributed by atoms with van der Waals surface area (Å²) in [6.45, 7) is 11.3. The Bertz CT molecular complexity index is 1160. The van der Waals surface area contributed by atoms with Crippen molar-refractivity contribution >= 4 is 28.6 Å². The minimum atomic E-state index is -1.02. The number of nitrogens with zero attached hydrogens (tertiary/aromatic N) is 2. The van der Waals surface area contributed by atoms with Gasteiger partial charge in [-0.3, -0.25) is 0 Å². The number of hydrogen-bond acceptors (Lipinski definition) is 4. The van der Waals surface area contributed by atoms with E-state index in [0.29, 0.717) is 34.9 Å². The van der Waals surface area contributed by atoms with Gasteiger partial charge in [0, 0.05) is 17.8 Å². The number of carboxylic acid groups (broad SMARTS) is 1. The van der Waals surface area contributed by atoms with Gasteiger partial charge < -0.3 is 19.7 Å². The summed E-state index contributed by atoms with van der Waals surface area (Å²) in [5.41, 5.74) is 3.96. The van der Waals surface area contributed by atoms with Gasteiger partial charge in [-0.15, -0.1) is 0 Å². The van der Waals surface area contributed by atoms with Crippen molar-refractivity contribution in [3.8, 4) is 5.75 Å². The van der Waals surface area contributed by atoms with Crippen LogP contribution in [0.4, 0.5) is 11.6 Å². The maximum absolute atomic E-state index is 11.8. The first-order valence-corrected chi connectivity index (χ1v) is 12.4. The van der Waals surface area contributed by atoms with E-state index >= 15 is 0 Å². The first kappa shape index (κ1) is 24.1. The van der Waals surface area contributed by atoms with Crippen molar-refractivity contribution < 1.29 is 14.6 Å². The number of nitrogens with one attached hydrogen (secondary N) is 1. The van der Waals surface area contributed by atoms with Crippen molar-refractivity contribution in [1.82, 2.24) is 9.55 Å². The predicted octanol–water partition coefficient (Wildman–Crippen LogP) is 7.24. The summed E-state index contributed by atoms with van der Waals surface area (Å²) in [6.07, 6.45) is 3.48. The van der Waals surface area contributed by atoms with Gasteiger partial charge in [0.05, 0.1) is 18.1 Å². The standard InChI is InChI=1S/C28H37N3O3/c1-16(2)19-8-10-20(11-9-19)29-28-30-23-14-22(27(32)33)26(34-6)15-25(23)31(28)24-13-18(5)7-12-21(24)17(3)4/h8-11,14-18,21,24H,7,12-13H2,1-6H3,(H,29,30)(H,32,33)/t18-,21+,24-/m1/s1. The highest BCUT2D eigenvalue weighted by Gasteiger charge is 2.34. The van der Waals surface area contributed by atoms with Crippen molar-refractivity contribution in [3.05, 3.63) is 47.5 Å². The molecular weight excluding hydrogens is 426 g/mol. The van der Waals surface area contributed by atoms with Crippen molar-refractivity contribution in [2.75, 3.05) is 12.4 Å². The van der Waals surface area contributed by atoms with Crippen LogP contribution in [0.5, 0.6) is 5.75 Å². The van der Waals surface area contributed by atoms with E-state index in [4.69, 9.17) is 9.72 Å². The summed E-state index contributed by atoms with van der Waals surface area (Å²) < 4.78 is 7.78. The predicted molar refractivity (Wildman–Crippen MR) is 137 cm³/mol. The van der Waals surface area contributed by atoms with Gasteiger partial charge in [0.15, 0.2) is 0 Å². The molecule has 0 spiro atoms. The maximum atomic E-state index is 11.8. The number of rotatable bonds is 7. The number of benzene rings is 2. The van der Waals surface area contributed by atoms with Crippen LogP contribution in [0.1, 0.15) is 81.8 Å². The lowest BCUT2D eigenvalue weighted by Gasteiger charge is -2.39. The summed E-state index contributed by atoms with van der Waals surface area (Å²) >= 11 is 0. The molecule has 0 saturated heterocycles. The van der Waals surface area contributed by atoms with Gasteiger partial charge >= 0.3 is 5.97 Å². The lowest BCUT2D eigenvalue weighted by molar-refractivity contribution is 0.0693. The SMILES string of the molecule is COc1cc2c(cc1C(=O)O)nc(Nc1ccc(C(C)C)cc1)n2[C@@H]1C[C@H](C)CC[C@H]1C(C)C. The Morgan fingerprint density at radius 3 is 2.44 bits per heavy atom. The topological polar surface area (TPSA) is 76.4 Å². The maximum Gasteiger partial charge on any atom is 0.339 e. The summed E-state index contributed by atoms with van der Waals surface area (Å²) in [7, 11) is 1.52. The van der Waals surface area contributed by atoms with Crippen LogP contribution in [-0.2, 0) is 0 Å². The smallest absolute Gasteiger partial charge is 0.339 e. The first-order chi connectivity index (χ1) is 16.2. The van der Waals surface area contributed by atoms with Crippen LogP contribution in [0.3, 0.4) is 0 Å². The Kier molecular flexibility index (Phi) is 6.87. The lowest BCUT2D eigenvalue weighted by atomic mass is 9.74. The highest BCUT2D eigenvalue weighted by molar-refractivity contribution is 5.96. The molecule has 1 heterocycles. The molecule has 6 nitrogen and oxygen atoms in total. The zero-order valence-corrected chi connectivity index (χ0v) is 21.1. The number of carboxylic acids is 1. The van der Waals surface area contributed by atoms with Gasteiger partial charge in [0.2, 0.25) is 5.95 Å². The van der Waals surface area contributed by atoms with Crippen LogP contribution in [0.25, 0.3) is 11.0 Å². The Morgan fingerprint density at radius 2 is 1.85 bits per heavy atom. The molecule has 0 aliphatic heterocycles. The molecule has 34 heavy (non-hydrogen) atoms. The van der Waals surface area contributed by atoms with E-state index in [0.717, 1.165) is 23.6 Å². The van der Waals surface area contributed by atoms with Crippen molar-refractivity contribution in [2.24, 2.45) is 17.8 Å². The monoisotopic (exact) mass is 463 g/mol. The molecular formula is C28H37N3O3. The minimum Gasteiger partial charge on any atom is -0.496 e. The summed E-state index contributed by atoms with van der Waals surface area (Å²) in [6, 6.07) is 12.2. The van der Waals surface area contributed by atoms with E-state index in [1.807, 2.05) is 6.07 Å². The molecule has 0 amide bonds. The van der Waals surface area contributed by atoms with Gasteiger partial charge in [-0.25, -0.2) is 9.78 Å². The number of anilines is 2. The molecule has 0 bridgehead atoms. The number of aromatic carboxylic acids is 1. The fourth-order valence-corrected chi connectivity index (χ4v) is 5.41. The largest absolute Gasteiger partial charge is 0.496 e. The van der Waals surface area contributed by atoms with E-state index in [-0.39, 0.29) is 11.6 Å². The van der Waals surface area contributed by atoms with Crippen molar-refractivity contribution in [2.45, 2.75) is 65.8 Å². The average Bonchev–Trinajstić information content (AvgIpc) is 3.14. The summed E-state index contributed by atoms with van der Waals surface area (Å²) in [5.74, 6) is 2.24. The molecule has 1 fully saturated rings. The van der Waals surface area contributed by atoms with E-state index in [2.05, 4.69) is 68.8 Å². The number of fused-ring (bicyclic) bond motifs is 1. The number of aromatic nitrogens is 2. The fourth-order valence-electron chi connectivity index (χ4n) is 5.41. The highest BCUT2D eigenvalue weighted by atomic mass is 16.5. The van der Waals surface area contributed by atoms with Crippen molar-refractivity contribution in [3.63, 3.8) is 0 Å². The van der Waals surface area contributed by atoms with E-state index < -0.39 is 5.97 Å². The molecule has 2 aromatic carbocycles. The molecule has 1 aliphatic rings. The molecule has 3 atom stereocenters. The van der Waals surface area contributed by atoms with Gasteiger partial charge in [-0.05, 0) is 60.3 Å². The molecule has 0 radical (unpaired) electrons. The third-order valence-electron chi connectivity index (χ3n) is 7.39. The normalized spacial score (nSPS) is 20.8. The van der Waals surface area contributed by atoms with Crippen LogP contribution in [0, 0.1) is 17.8 Å². The Balaban J connectivity index is 1.88. The molecule has 6 heteroatoms. The second-order valence-corrected chi connectivity index (χ2v) is 10.4. The Morgan fingerprint density at radius 1 is 1.15 bits per heavy atom. The number of hydrogen-bond donors (Lipinski definition) is 2. The Hall–Kier alpha value is -3.02. The van der Waals surface area contributed by atoms with E-state index in [1.165, 1.54) is 25.5 Å². The Labute approximate surface area is 202 Å². The summed E-state index contributed by atoms with van der Waals surface area (Å²) in [5, 5.41) is 13.3. The number of imidazole rings is 1. The minimum absolute atomic E-state index is 0.130. The number of methoxy groups -OCH3 is 1. The zero-order valence-electron chi connectivity index (χ0n) is 21.1. The highest BCUT2D eigenvalue weighted by Crippen LogP contribution is 2.45. The first-order valence-electron chi connectivity index (χ1n) is 12.4. The number of carbonyl (C=O) groups is 1. The van der Waals surface area contributed by atoms with E-state index in [9.17, 15) is 9.90 Å². The number of ether oxygens (including phenoxy) is 1.